The molecule has 0 unspecified atom stereocenters. The molecule has 0 N–H and O–H groups in total. The molecular weight excluding hydrogens is 347 g/mol. The van der Waals surface area contributed by atoms with Crippen molar-refractivity contribution < 1.29 is 23.4 Å². The first-order valence-electron chi connectivity index (χ1n) is 9.19. The summed E-state index contributed by atoms with van der Waals surface area (Å²) in [4.78, 5) is 11.4. The third-order valence-electron chi connectivity index (χ3n) is 5.22. The van der Waals surface area contributed by atoms with E-state index in [0.717, 1.165) is 23.3 Å². The van der Waals surface area contributed by atoms with Gasteiger partial charge in [-0.1, -0.05) is 12.1 Å². The van der Waals surface area contributed by atoms with E-state index in [2.05, 4.69) is 0 Å². The molecular formula is C22H23FO4. The molecule has 0 bridgehead atoms. The number of rotatable bonds is 5. The lowest BCUT2D eigenvalue weighted by molar-refractivity contribution is -0.142. The van der Waals surface area contributed by atoms with Crippen molar-refractivity contribution in [3.8, 4) is 22.6 Å². The Morgan fingerprint density at radius 1 is 1.22 bits per heavy atom. The van der Waals surface area contributed by atoms with Gasteiger partial charge in [-0.2, -0.15) is 0 Å². The Morgan fingerprint density at radius 2 is 1.96 bits per heavy atom. The second-order valence-electron chi connectivity index (χ2n) is 7.93. The average molecular weight is 370 g/mol. The minimum Gasteiger partial charge on any atom is -0.493 e. The first-order valence-corrected chi connectivity index (χ1v) is 9.19. The molecule has 27 heavy (non-hydrogen) atoms. The number of hydrogen-bond donors (Lipinski definition) is 0. The summed E-state index contributed by atoms with van der Waals surface area (Å²) < 4.78 is 30.8. The molecule has 1 heterocycles. The van der Waals surface area contributed by atoms with Gasteiger partial charge in [0.05, 0.1) is 19.6 Å². The van der Waals surface area contributed by atoms with Crippen LogP contribution in [0.2, 0.25) is 0 Å². The molecule has 2 aromatic rings. The van der Waals surface area contributed by atoms with E-state index in [4.69, 9.17) is 14.2 Å². The SMILES string of the molecule is COC(=O)[C@@H]1C[C@H]1COc1ccc(-c2cc(F)c3c(c2)OC(C)(C)C3)cc1. The fourth-order valence-corrected chi connectivity index (χ4v) is 3.62. The van der Waals surface area contributed by atoms with Crippen LogP contribution < -0.4 is 9.47 Å². The maximum absolute atomic E-state index is 14.5. The van der Waals surface area contributed by atoms with Gasteiger partial charge >= 0.3 is 5.97 Å². The second-order valence-corrected chi connectivity index (χ2v) is 7.93. The van der Waals surface area contributed by atoms with Crippen LogP contribution in [0.25, 0.3) is 11.1 Å². The largest absolute Gasteiger partial charge is 0.493 e. The summed E-state index contributed by atoms with van der Waals surface area (Å²) in [5.74, 6) is 1.15. The van der Waals surface area contributed by atoms with Gasteiger partial charge in [0.25, 0.3) is 0 Å². The molecule has 0 saturated heterocycles. The molecule has 4 rings (SSSR count). The maximum atomic E-state index is 14.5. The normalized spacial score (nSPS) is 21.9. The molecule has 0 aromatic heterocycles. The zero-order valence-electron chi connectivity index (χ0n) is 15.8. The molecule has 1 aliphatic heterocycles. The summed E-state index contributed by atoms with van der Waals surface area (Å²) >= 11 is 0. The number of methoxy groups -OCH3 is 1. The van der Waals surface area contributed by atoms with Crippen LogP contribution in [0.4, 0.5) is 4.39 Å². The first-order chi connectivity index (χ1) is 12.9. The van der Waals surface area contributed by atoms with E-state index >= 15 is 0 Å². The van der Waals surface area contributed by atoms with Crippen LogP contribution in [0.1, 0.15) is 25.8 Å². The monoisotopic (exact) mass is 370 g/mol. The van der Waals surface area contributed by atoms with Crippen molar-refractivity contribution in [3.05, 3.63) is 47.8 Å². The fourth-order valence-electron chi connectivity index (χ4n) is 3.62. The zero-order chi connectivity index (χ0) is 19.2. The smallest absolute Gasteiger partial charge is 0.309 e. The van der Waals surface area contributed by atoms with E-state index in [0.29, 0.717) is 24.3 Å². The van der Waals surface area contributed by atoms with E-state index < -0.39 is 0 Å². The van der Waals surface area contributed by atoms with Gasteiger partial charge in [-0.15, -0.1) is 0 Å². The lowest BCUT2D eigenvalue weighted by Crippen LogP contribution is -2.24. The summed E-state index contributed by atoms with van der Waals surface area (Å²) in [5.41, 5.74) is 1.96. The van der Waals surface area contributed by atoms with Gasteiger partial charge in [0.1, 0.15) is 22.9 Å². The van der Waals surface area contributed by atoms with Crippen LogP contribution in [0.3, 0.4) is 0 Å². The van der Waals surface area contributed by atoms with Crippen molar-refractivity contribution in [3.63, 3.8) is 0 Å². The van der Waals surface area contributed by atoms with E-state index in [1.165, 1.54) is 7.11 Å². The molecule has 4 nitrogen and oxygen atoms in total. The molecule has 5 heteroatoms. The quantitative estimate of drug-likeness (QED) is 0.732. The summed E-state index contributed by atoms with van der Waals surface area (Å²) in [6.45, 7) is 4.42. The summed E-state index contributed by atoms with van der Waals surface area (Å²) in [6.07, 6.45) is 1.39. The van der Waals surface area contributed by atoms with Gasteiger partial charge in [0.2, 0.25) is 0 Å². The van der Waals surface area contributed by atoms with Crippen LogP contribution >= 0.6 is 0 Å². The zero-order valence-corrected chi connectivity index (χ0v) is 15.8. The Morgan fingerprint density at radius 3 is 2.67 bits per heavy atom. The highest BCUT2D eigenvalue weighted by molar-refractivity contribution is 5.75. The average Bonchev–Trinajstić information content (AvgIpc) is 3.34. The number of ether oxygens (including phenoxy) is 3. The second kappa shape index (κ2) is 6.55. The number of hydrogen-bond acceptors (Lipinski definition) is 4. The number of fused-ring (bicyclic) bond motifs is 1. The van der Waals surface area contributed by atoms with Crippen molar-refractivity contribution in [2.24, 2.45) is 11.8 Å². The molecule has 2 aromatic carbocycles. The van der Waals surface area contributed by atoms with Gasteiger partial charge < -0.3 is 14.2 Å². The van der Waals surface area contributed by atoms with Gasteiger partial charge in [0, 0.05) is 17.9 Å². The van der Waals surface area contributed by atoms with Crippen LogP contribution in [0, 0.1) is 17.7 Å². The van der Waals surface area contributed by atoms with Gasteiger partial charge in [-0.05, 0) is 55.7 Å². The highest BCUT2D eigenvalue weighted by Crippen LogP contribution is 2.41. The Kier molecular flexibility index (Phi) is 4.33. The van der Waals surface area contributed by atoms with Gasteiger partial charge in [0.15, 0.2) is 0 Å². The molecule has 2 atom stereocenters. The fraction of sp³-hybridized carbons (Fsp3) is 0.409. The molecule has 1 aliphatic carbocycles. The molecule has 1 saturated carbocycles. The molecule has 0 radical (unpaired) electrons. The van der Waals surface area contributed by atoms with E-state index in [9.17, 15) is 9.18 Å². The van der Waals surface area contributed by atoms with E-state index in [1.54, 1.807) is 6.07 Å². The molecule has 0 spiro atoms. The standard InChI is InChI=1S/C22H23FO4/c1-22(2)11-18-19(23)9-14(10-20(18)27-22)13-4-6-16(7-5-13)26-12-15-8-17(15)21(24)25-3/h4-7,9-10,15,17H,8,11-12H2,1-3H3/t15-,17+/m0/s1. The Bertz CT molecular complexity index is 873. The number of esters is 1. The highest BCUT2D eigenvalue weighted by Gasteiger charge is 2.44. The van der Waals surface area contributed by atoms with E-state index in [1.807, 2.05) is 44.2 Å². The van der Waals surface area contributed by atoms with Crippen molar-refractivity contribution in [1.82, 2.24) is 0 Å². The van der Waals surface area contributed by atoms with Crippen LogP contribution in [-0.4, -0.2) is 25.3 Å². The summed E-state index contributed by atoms with van der Waals surface area (Å²) in [6, 6.07) is 11.0. The summed E-state index contributed by atoms with van der Waals surface area (Å²) in [7, 11) is 1.41. The van der Waals surface area contributed by atoms with Crippen molar-refractivity contribution in [2.45, 2.75) is 32.3 Å². The molecule has 142 valence electrons. The molecule has 0 amide bonds. The lowest BCUT2D eigenvalue weighted by Gasteiger charge is -2.16. The Balaban J connectivity index is 1.43. The number of carbonyl (C=O) groups excluding carboxylic acids is 1. The van der Waals surface area contributed by atoms with Gasteiger partial charge in [-0.25, -0.2) is 4.39 Å². The van der Waals surface area contributed by atoms with Gasteiger partial charge in [-0.3, -0.25) is 4.79 Å². The van der Waals surface area contributed by atoms with Crippen LogP contribution in [0.15, 0.2) is 36.4 Å². The Hall–Kier alpha value is -2.56. The number of benzene rings is 2. The molecule has 1 fully saturated rings. The first kappa shape index (κ1) is 17.8. The van der Waals surface area contributed by atoms with E-state index in [-0.39, 0.29) is 29.2 Å². The minimum atomic E-state index is -0.371. The van der Waals surface area contributed by atoms with Crippen LogP contribution in [-0.2, 0) is 16.0 Å². The lowest BCUT2D eigenvalue weighted by atomic mass is 9.98. The van der Waals surface area contributed by atoms with Crippen molar-refractivity contribution in [2.75, 3.05) is 13.7 Å². The predicted octanol–water partition coefficient (Wildman–Crippen LogP) is 4.39. The predicted molar refractivity (Wildman–Crippen MR) is 99.4 cm³/mol. The van der Waals surface area contributed by atoms with Crippen molar-refractivity contribution in [1.29, 1.82) is 0 Å². The number of carbonyl (C=O) groups is 1. The summed E-state index contributed by atoms with van der Waals surface area (Å²) in [5, 5.41) is 0. The Labute approximate surface area is 158 Å². The maximum Gasteiger partial charge on any atom is 0.309 e. The highest BCUT2D eigenvalue weighted by atomic mass is 19.1. The third kappa shape index (κ3) is 3.64. The number of halogens is 1. The molecule has 2 aliphatic rings. The minimum absolute atomic E-state index is 0.0343. The third-order valence-corrected chi connectivity index (χ3v) is 5.22. The van der Waals surface area contributed by atoms with Crippen LogP contribution in [0.5, 0.6) is 11.5 Å². The topological polar surface area (TPSA) is 44.8 Å². The van der Waals surface area contributed by atoms with Crippen molar-refractivity contribution >= 4 is 5.97 Å².